The number of carbonyl (C=O) groups is 4. The van der Waals surface area contributed by atoms with Crippen LogP contribution in [0.15, 0.2) is 18.5 Å². The Morgan fingerprint density at radius 3 is 2.59 bits per heavy atom. The molecule has 3 heterocycles. The number of fused-ring (bicyclic) bond motifs is 2. The summed E-state index contributed by atoms with van der Waals surface area (Å²) in [5, 5.41) is 0. The van der Waals surface area contributed by atoms with E-state index in [0.29, 0.717) is 19.4 Å². The number of piperidine rings is 1. The van der Waals surface area contributed by atoms with Gasteiger partial charge in [-0.1, -0.05) is 0 Å². The van der Waals surface area contributed by atoms with Crippen molar-refractivity contribution in [2.24, 2.45) is 5.73 Å². The molecule has 10 heteroatoms. The molecule has 0 bridgehead atoms. The van der Waals surface area contributed by atoms with Crippen molar-refractivity contribution < 1.29 is 23.9 Å². The fourth-order valence-electron chi connectivity index (χ4n) is 3.28. The van der Waals surface area contributed by atoms with E-state index in [1.165, 1.54) is 23.4 Å². The Labute approximate surface area is 157 Å². The number of rotatable bonds is 2. The molecule has 0 radical (unpaired) electrons. The van der Waals surface area contributed by atoms with Gasteiger partial charge >= 0.3 is 6.09 Å². The highest BCUT2D eigenvalue weighted by atomic mass is 32.1. The predicted octanol–water partition coefficient (Wildman–Crippen LogP) is 1.01. The lowest BCUT2D eigenvalue weighted by molar-refractivity contribution is 0.0376. The second-order valence-corrected chi connectivity index (χ2v) is 7.27. The number of hydrogen-bond donors (Lipinski definition) is 1. The second kappa shape index (κ2) is 6.54. The molecule has 2 aromatic heterocycles. The first-order chi connectivity index (χ1) is 13.0. The van der Waals surface area contributed by atoms with Crippen molar-refractivity contribution in [3.63, 3.8) is 0 Å². The van der Waals surface area contributed by atoms with Crippen molar-refractivity contribution in [3.8, 4) is 0 Å². The molecule has 1 aliphatic carbocycles. The molecule has 9 nitrogen and oxygen atoms in total. The number of hydrogen-bond acceptors (Lipinski definition) is 8. The summed E-state index contributed by atoms with van der Waals surface area (Å²) in [6, 6.07) is 1.43. The van der Waals surface area contributed by atoms with Crippen molar-refractivity contribution in [2.75, 3.05) is 13.1 Å². The highest BCUT2D eigenvalue weighted by Gasteiger charge is 2.36. The highest BCUT2D eigenvalue weighted by molar-refractivity contribution is 7.16. The SMILES string of the molecule is NC(=O)OC1CCCN(C(=O)c2cc3c(s2)C(=O)c2nccnc2C3=O)C1. The molecule has 0 spiro atoms. The number of likely N-dealkylation sites (tertiary alicyclic amines) is 1. The summed E-state index contributed by atoms with van der Waals surface area (Å²) in [6.07, 6.45) is 2.63. The standard InChI is InChI=1S/C17H14N4O5S/c18-17(25)26-8-2-1-5-21(7-8)16(24)10-6-9-13(22)11-12(20-4-3-19-11)14(23)15(9)27-10/h3-4,6,8H,1-2,5,7H2,(H2,18,25). The molecule has 4 rings (SSSR count). The molecule has 138 valence electrons. The number of carbonyl (C=O) groups excluding carboxylic acids is 4. The largest absolute Gasteiger partial charge is 0.445 e. The van der Waals surface area contributed by atoms with E-state index in [9.17, 15) is 19.2 Å². The van der Waals surface area contributed by atoms with Gasteiger partial charge in [0.05, 0.1) is 16.3 Å². The minimum absolute atomic E-state index is 0.000284. The summed E-state index contributed by atoms with van der Waals surface area (Å²) in [5.41, 5.74) is 5.22. The van der Waals surface area contributed by atoms with E-state index in [4.69, 9.17) is 10.5 Å². The smallest absolute Gasteiger partial charge is 0.404 e. The molecule has 2 aliphatic rings. The van der Waals surface area contributed by atoms with E-state index in [1.807, 2.05) is 0 Å². The number of primary amides is 1. The lowest BCUT2D eigenvalue weighted by Crippen LogP contribution is -2.44. The molecule has 27 heavy (non-hydrogen) atoms. The van der Waals surface area contributed by atoms with Gasteiger partial charge in [-0.25, -0.2) is 14.8 Å². The van der Waals surface area contributed by atoms with Crippen LogP contribution in [0.25, 0.3) is 0 Å². The Hall–Kier alpha value is -3.14. The van der Waals surface area contributed by atoms with Crippen molar-refractivity contribution in [1.29, 1.82) is 0 Å². The van der Waals surface area contributed by atoms with Gasteiger partial charge in [0.25, 0.3) is 5.91 Å². The van der Waals surface area contributed by atoms with Crippen molar-refractivity contribution >= 4 is 34.9 Å². The second-order valence-electron chi connectivity index (χ2n) is 6.22. The number of amides is 2. The van der Waals surface area contributed by atoms with E-state index >= 15 is 0 Å². The van der Waals surface area contributed by atoms with Crippen LogP contribution in [0, 0.1) is 0 Å². The van der Waals surface area contributed by atoms with E-state index < -0.39 is 23.8 Å². The molecule has 1 saturated heterocycles. The summed E-state index contributed by atoms with van der Waals surface area (Å²) in [5.74, 6) is -1.15. The first kappa shape index (κ1) is 17.3. The molecule has 1 unspecified atom stereocenters. The Bertz CT molecular complexity index is 933. The lowest BCUT2D eigenvalue weighted by Gasteiger charge is -2.31. The van der Waals surface area contributed by atoms with Gasteiger partial charge in [0.1, 0.15) is 17.5 Å². The summed E-state index contributed by atoms with van der Waals surface area (Å²) in [4.78, 5) is 58.9. The molecule has 1 fully saturated rings. The van der Waals surface area contributed by atoms with Gasteiger partial charge in [0, 0.05) is 24.5 Å². The van der Waals surface area contributed by atoms with Crippen LogP contribution in [0.3, 0.4) is 0 Å². The highest BCUT2D eigenvalue weighted by Crippen LogP contribution is 2.32. The Balaban J connectivity index is 1.61. The third-order valence-corrected chi connectivity index (χ3v) is 5.59. The molecule has 1 aliphatic heterocycles. The van der Waals surface area contributed by atoms with Crippen LogP contribution in [0.5, 0.6) is 0 Å². The third kappa shape index (κ3) is 2.97. The van der Waals surface area contributed by atoms with Gasteiger partial charge in [-0.3, -0.25) is 14.4 Å². The zero-order valence-corrected chi connectivity index (χ0v) is 14.8. The van der Waals surface area contributed by atoms with Gasteiger partial charge < -0.3 is 15.4 Å². The molecule has 2 aromatic rings. The monoisotopic (exact) mass is 386 g/mol. The van der Waals surface area contributed by atoms with Gasteiger partial charge in [0.15, 0.2) is 0 Å². The molecule has 0 aromatic carbocycles. The van der Waals surface area contributed by atoms with Crippen LogP contribution in [-0.4, -0.2) is 57.6 Å². The van der Waals surface area contributed by atoms with E-state index in [1.54, 1.807) is 0 Å². The van der Waals surface area contributed by atoms with Gasteiger partial charge in [-0.15, -0.1) is 11.3 Å². The Kier molecular flexibility index (Phi) is 4.19. The summed E-state index contributed by atoms with van der Waals surface area (Å²) in [7, 11) is 0. The molecular weight excluding hydrogens is 372 g/mol. The summed E-state index contributed by atoms with van der Waals surface area (Å²) in [6.45, 7) is 0.709. The number of nitrogens with two attached hydrogens (primary N) is 1. The maximum Gasteiger partial charge on any atom is 0.404 e. The van der Waals surface area contributed by atoms with E-state index in [0.717, 1.165) is 11.3 Å². The minimum Gasteiger partial charge on any atom is -0.445 e. The minimum atomic E-state index is -0.880. The van der Waals surface area contributed by atoms with Crippen LogP contribution in [0.2, 0.25) is 0 Å². The van der Waals surface area contributed by atoms with E-state index in [2.05, 4.69) is 9.97 Å². The lowest BCUT2D eigenvalue weighted by atomic mass is 9.96. The fraction of sp³-hybridized carbons (Fsp3) is 0.294. The zero-order chi connectivity index (χ0) is 19.1. The number of aromatic nitrogens is 2. The van der Waals surface area contributed by atoms with Crippen molar-refractivity contribution in [2.45, 2.75) is 18.9 Å². The van der Waals surface area contributed by atoms with Crippen LogP contribution in [0.1, 0.15) is 53.9 Å². The quantitative estimate of drug-likeness (QED) is 0.695. The number of ether oxygens (including phenoxy) is 1. The topological polar surface area (TPSA) is 133 Å². The molecular formula is C17H14N4O5S. The van der Waals surface area contributed by atoms with Crippen LogP contribution in [0.4, 0.5) is 4.79 Å². The average Bonchev–Trinajstić information content (AvgIpc) is 3.11. The average molecular weight is 386 g/mol. The normalized spacial score (nSPS) is 18.7. The Morgan fingerprint density at radius 2 is 1.89 bits per heavy atom. The van der Waals surface area contributed by atoms with Crippen LogP contribution < -0.4 is 5.73 Å². The molecule has 0 saturated carbocycles. The van der Waals surface area contributed by atoms with Crippen LogP contribution >= 0.6 is 11.3 Å². The van der Waals surface area contributed by atoms with Gasteiger partial charge in [-0.2, -0.15) is 0 Å². The maximum absolute atomic E-state index is 12.8. The van der Waals surface area contributed by atoms with Gasteiger partial charge in [0.2, 0.25) is 11.6 Å². The summed E-state index contributed by atoms with van der Waals surface area (Å²) < 4.78 is 4.99. The Morgan fingerprint density at radius 1 is 1.19 bits per heavy atom. The van der Waals surface area contributed by atoms with E-state index in [-0.39, 0.29) is 39.2 Å². The fourth-order valence-corrected chi connectivity index (χ4v) is 4.34. The summed E-state index contributed by atoms with van der Waals surface area (Å²) >= 11 is 0.966. The first-order valence-electron chi connectivity index (χ1n) is 8.25. The zero-order valence-electron chi connectivity index (χ0n) is 14.0. The first-order valence-corrected chi connectivity index (χ1v) is 9.07. The third-order valence-electron chi connectivity index (χ3n) is 4.47. The maximum atomic E-state index is 12.8. The predicted molar refractivity (Wildman–Crippen MR) is 92.8 cm³/mol. The number of ketones is 2. The molecule has 2 N–H and O–H groups in total. The van der Waals surface area contributed by atoms with Crippen molar-refractivity contribution in [1.82, 2.24) is 14.9 Å². The van der Waals surface area contributed by atoms with Crippen molar-refractivity contribution in [3.05, 3.63) is 45.2 Å². The van der Waals surface area contributed by atoms with Gasteiger partial charge in [-0.05, 0) is 18.9 Å². The number of thiophene rings is 1. The molecule has 2 amide bonds. The van der Waals surface area contributed by atoms with Crippen LogP contribution in [-0.2, 0) is 4.74 Å². The number of nitrogens with zero attached hydrogens (tertiary/aromatic N) is 3. The molecule has 1 atom stereocenters.